The lowest BCUT2D eigenvalue weighted by Crippen LogP contribution is -2.36. The van der Waals surface area contributed by atoms with Crippen molar-refractivity contribution in [1.82, 2.24) is 14.7 Å². The normalized spacial score (nSPS) is 14.6. The maximum atomic E-state index is 12.5. The summed E-state index contributed by atoms with van der Waals surface area (Å²) in [5.41, 5.74) is 4.71. The van der Waals surface area contributed by atoms with Crippen LogP contribution in [0.2, 0.25) is 0 Å². The number of rotatable bonds is 4. The Kier molecular flexibility index (Phi) is 4.58. The van der Waals surface area contributed by atoms with Crippen LogP contribution in [0.4, 0.5) is 5.69 Å². The van der Waals surface area contributed by atoms with Crippen molar-refractivity contribution in [3.63, 3.8) is 0 Å². The number of hydrogen-bond acceptors (Lipinski definition) is 4. The lowest BCUT2D eigenvalue weighted by Gasteiger charge is -2.28. The van der Waals surface area contributed by atoms with E-state index in [4.69, 9.17) is 4.74 Å². The Labute approximate surface area is 152 Å². The molecule has 1 aliphatic rings. The van der Waals surface area contributed by atoms with E-state index in [0.29, 0.717) is 12.2 Å². The molecule has 3 aromatic rings. The highest BCUT2D eigenvalue weighted by molar-refractivity contribution is 5.93. The summed E-state index contributed by atoms with van der Waals surface area (Å²) >= 11 is 0. The molecule has 1 saturated heterocycles. The van der Waals surface area contributed by atoms with Gasteiger partial charge in [0.05, 0.1) is 19.4 Å². The number of fused-ring (bicyclic) bond motifs is 1. The third-order valence-electron chi connectivity index (χ3n) is 4.67. The van der Waals surface area contributed by atoms with Crippen LogP contribution >= 0.6 is 0 Å². The molecule has 1 N–H and O–H groups in total. The fourth-order valence-electron chi connectivity index (χ4n) is 3.17. The largest absolute Gasteiger partial charge is 0.378 e. The van der Waals surface area contributed by atoms with Crippen molar-refractivity contribution >= 4 is 17.2 Å². The molecule has 0 unspecified atom stereocenters. The van der Waals surface area contributed by atoms with Crippen molar-refractivity contribution in [2.45, 2.75) is 13.5 Å². The van der Waals surface area contributed by atoms with Crippen LogP contribution in [0.3, 0.4) is 0 Å². The number of morpholine rings is 1. The van der Waals surface area contributed by atoms with E-state index in [1.165, 1.54) is 5.69 Å². The van der Waals surface area contributed by atoms with Crippen molar-refractivity contribution in [3.8, 4) is 0 Å². The van der Waals surface area contributed by atoms with Gasteiger partial charge in [0.25, 0.3) is 5.91 Å². The lowest BCUT2D eigenvalue weighted by molar-refractivity contribution is 0.0945. The number of hydrogen-bond donors (Lipinski definition) is 1. The van der Waals surface area contributed by atoms with E-state index in [0.717, 1.165) is 43.1 Å². The van der Waals surface area contributed by atoms with Crippen molar-refractivity contribution in [1.29, 1.82) is 0 Å². The molecule has 2 aromatic heterocycles. The Morgan fingerprint density at radius 2 is 1.96 bits per heavy atom. The smallest absolute Gasteiger partial charge is 0.270 e. The summed E-state index contributed by atoms with van der Waals surface area (Å²) in [5, 5.41) is 2.97. The van der Waals surface area contributed by atoms with Gasteiger partial charge in [-0.05, 0) is 42.3 Å². The first-order chi connectivity index (χ1) is 12.7. The van der Waals surface area contributed by atoms with Crippen LogP contribution in [0.1, 0.15) is 21.6 Å². The lowest BCUT2D eigenvalue weighted by atomic mass is 10.2. The van der Waals surface area contributed by atoms with Crippen molar-refractivity contribution < 1.29 is 9.53 Å². The number of anilines is 1. The molecule has 26 heavy (non-hydrogen) atoms. The van der Waals surface area contributed by atoms with Gasteiger partial charge in [0, 0.05) is 31.5 Å². The fourth-order valence-corrected chi connectivity index (χ4v) is 3.17. The van der Waals surface area contributed by atoms with E-state index in [9.17, 15) is 4.79 Å². The van der Waals surface area contributed by atoms with Crippen molar-refractivity contribution in [2.24, 2.45) is 0 Å². The Bertz CT molecular complexity index is 911. The summed E-state index contributed by atoms with van der Waals surface area (Å²) in [6, 6.07) is 12.2. The number of ether oxygens (including phenoxy) is 1. The number of carbonyl (C=O) groups excluding carboxylic acids is 1. The third kappa shape index (κ3) is 3.41. The molecule has 0 spiro atoms. The number of benzene rings is 1. The molecule has 4 rings (SSSR count). The fraction of sp³-hybridized carbons (Fsp3) is 0.300. The highest BCUT2D eigenvalue weighted by Crippen LogP contribution is 2.17. The summed E-state index contributed by atoms with van der Waals surface area (Å²) in [7, 11) is 0. The summed E-state index contributed by atoms with van der Waals surface area (Å²) < 4.78 is 7.20. The summed E-state index contributed by atoms with van der Waals surface area (Å²) in [5.74, 6) is -0.126. The Balaban J connectivity index is 1.40. The molecular formula is C20H22N4O2. The topological polar surface area (TPSA) is 58.9 Å². The molecule has 6 heteroatoms. The van der Waals surface area contributed by atoms with E-state index in [1.807, 2.05) is 29.7 Å². The van der Waals surface area contributed by atoms with Gasteiger partial charge >= 0.3 is 0 Å². The second-order valence-electron chi connectivity index (χ2n) is 6.52. The molecule has 3 heterocycles. The standard InChI is InChI=1S/C20H22N4O2/c1-15-6-7-24-18(14-21-19(24)12-15)20(25)22-13-16-2-4-17(5-3-16)23-8-10-26-11-9-23/h2-7,12,14H,8-11,13H2,1H3,(H,22,25). The van der Waals surface area contributed by atoms with Crippen LogP contribution in [0.15, 0.2) is 48.8 Å². The first-order valence-corrected chi connectivity index (χ1v) is 8.84. The van der Waals surface area contributed by atoms with Crippen LogP contribution in [0.25, 0.3) is 5.65 Å². The summed E-state index contributed by atoms with van der Waals surface area (Å²) in [6.45, 7) is 5.89. The zero-order valence-electron chi connectivity index (χ0n) is 14.8. The number of aromatic nitrogens is 2. The van der Waals surface area contributed by atoms with E-state index in [1.54, 1.807) is 6.20 Å². The van der Waals surface area contributed by atoms with E-state index < -0.39 is 0 Å². The molecule has 1 aliphatic heterocycles. The summed E-state index contributed by atoms with van der Waals surface area (Å²) in [4.78, 5) is 19.1. The van der Waals surface area contributed by atoms with Gasteiger partial charge in [-0.1, -0.05) is 12.1 Å². The Morgan fingerprint density at radius 3 is 2.73 bits per heavy atom. The zero-order valence-corrected chi connectivity index (χ0v) is 14.8. The van der Waals surface area contributed by atoms with Gasteiger partial charge in [0.1, 0.15) is 11.3 Å². The average molecular weight is 350 g/mol. The van der Waals surface area contributed by atoms with Gasteiger partial charge in [-0.3, -0.25) is 9.20 Å². The quantitative estimate of drug-likeness (QED) is 0.785. The van der Waals surface area contributed by atoms with Gasteiger partial charge in [0.15, 0.2) is 0 Å². The van der Waals surface area contributed by atoms with Gasteiger partial charge in [-0.15, -0.1) is 0 Å². The summed E-state index contributed by atoms with van der Waals surface area (Å²) in [6.07, 6.45) is 3.50. The van der Waals surface area contributed by atoms with Crippen LogP contribution in [0.5, 0.6) is 0 Å². The van der Waals surface area contributed by atoms with Crippen LogP contribution in [-0.2, 0) is 11.3 Å². The molecule has 0 bridgehead atoms. The highest BCUT2D eigenvalue weighted by atomic mass is 16.5. The number of pyridine rings is 1. The minimum Gasteiger partial charge on any atom is -0.378 e. The van der Waals surface area contributed by atoms with Crippen molar-refractivity contribution in [3.05, 3.63) is 65.6 Å². The molecular weight excluding hydrogens is 328 g/mol. The van der Waals surface area contributed by atoms with Gasteiger partial charge in [-0.25, -0.2) is 4.98 Å². The van der Waals surface area contributed by atoms with Crippen LogP contribution in [-0.4, -0.2) is 41.6 Å². The second-order valence-corrected chi connectivity index (χ2v) is 6.52. The second kappa shape index (κ2) is 7.17. The highest BCUT2D eigenvalue weighted by Gasteiger charge is 2.13. The molecule has 0 aliphatic carbocycles. The average Bonchev–Trinajstić information content (AvgIpc) is 3.10. The number of nitrogens with zero attached hydrogens (tertiary/aromatic N) is 3. The minimum atomic E-state index is -0.126. The Hall–Kier alpha value is -2.86. The maximum Gasteiger partial charge on any atom is 0.270 e. The molecule has 0 radical (unpaired) electrons. The first kappa shape index (κ1) is 16.6. The number of nitrogens with one attached hydrogen (secondary N) is 1. The number of carbonyl (C=O) groups is 1. The molecule has 6 nitrogen and oxygen atoms in total. The monoisotopic (exact) mass is 350 g/mol. The predicted molar refractivity (Wildman–Crippen MR) is 101 cm³/mol. The van der Waals surface area contributed by atoms with Gasteiger partial charge < -0.3 is 15.0 Å². The Morgan fingerprint density at radius 1 is 1.19 bits per heavy atom. The number of imidazole rings is 1. The molecule has 1 fully saturated rings. The number of amides is 1. The van der Waals surface area contributed by atoms with Crippen LogP contribution in [0, 0.1) is 6.92 Å². The van der Waals surface area contributed by atoms with Crippen LogP contribution < -0.4 is 10.2 Å². The van der Waals surface area contributed by atoms with E-state index in [2.05, 4.69) is 39.5 Å². The predicted octanol–water partition coefficient (Wildman–Crippen LogP) is 2.41. The van der Waals surface area contributed by atoms with E-state index in [-0.39, 0.29) is 5.91 Å². The van der Waals surface area contributed by atoms with Crippen molar-refractivity contribution in [2.75, 3.05) is 31.2 Å². The zero-order chi connectivity index (χ0) is 17.9. The SMILES string of the molecule is Cc1ccn2c(C(=O)NCc3ccc(N4CCOCC4)cc3)cnc2c1. The van der Waals surface area contributed by atoms with E-state index >= 15 is 0 Å². The van der Waals surface area contributed by atoms with Gasteiger partial charge in [0.2, 0.25) is 0 Å². The van der Waals surface area contributed by atoms with Gasteiger partial charge in [-0.2, -0.15) is 0 Å². The molecule has 1 amide bonds. The molecule has 0 saturated carbocycles. The maximum absolute atomic E-state index is 12.5. The minimum absolute atomic E-state index is 0.126. The molecule has 0 atom stereocenters. The molecule has 134 valence electrons. The first-order valence-electron chi connectivity index (χ1n) is 8.84. The molecule has 1 aromatic carbocycles. The number of aryl methyl sites for hydroxylation is 1. The third-order valence-corrected chi connectivity index (χ3v) is 4.67.